The molecule has 2 rings (SSSR count). The van der Waals surface area contributed by atoms with E-state index in [-0.39, 0.29) is 6.61 Å². The first-order valence-electron chi connectivity index (χ1n) is 11.1. The minimum absolute atomic E-state index is 0.125. The van der Waals surface area contributed by atoms with E-state index in [1.165, 1.54) is 7.11 Å². The third-order valence-electron chi connectivity index (χ3n) is 4.67. The Balaban J connectivity index is 0.00000281. The smallest absolute Gasteiger partial charge is 0.343 e. The van der Waals surface area contributed by atoms with Crippen LogP contribution in [0, 0.1) is 0 Å². The maximum absolute atomic E-state index is 11.3. The first-order valence-corrected chi connectivity index (χ1v) is 11.9. The van der Waals surface area contributed by atoms with Crippen molar-refractivity contribution in [2.24, 2.45) is 0 Å². The lowest BCUT2D eigenvalue weighted by atomic mass is 10.0. The van der Waals surface area contributed by atoms with E-state index in [9.17, 15) is 4.79 Å². The fourth-order valence-electron chi connectivity index (χ4n) is 2.81. The van der Waals surface area contributed by atoms with Crippen LogP contribution in [0.1, 0.15) is 40.2 Å². The van der Waals surface area contributed by atoms with Crippen molar-refractivity contribution in [1.29, 1.82) is 0 Å². The summed E-state index contributed by atoms with van der Waals surface area (Å²) in [6, 6.07) is 14.2. The van der Waals surface area contributed by atoms with Gasteiger partial charge in [0.25, 0.3) is 0 Å². The van der Waals surface area contributed by atoms with Gasteiger partial charge in [0.1, 0.15) is 18.1 Å². The molecular formula is C28H35BrO5. The average Bonchev–Trinajstić information content (AvgIpc) is 2.86. The molecule has 0 aromatic heterocycles. The molecule has 0 N–H and O–H groups in total. The molecule has 0 unspecified atom stereocenters. The van der Waals surface area contributed by atoms with Gasteiger partial charge in [-0.25, -0.2) is 4.79 Å². The van der Waals surface area contributed by atoms with Crippen LogP contribution in [0.25, 0.3) is 11.1 Å². The number of carbonyl (C=O) groups excluding carboxylic acids is 1. The van der Waals surface area contributed by atoms with Crippen LogP contribution in [0.5, 0.6) is 5.75 Å². The van der Waals surface area contributed by atoms with Gasteiger partial charge < -0.3 is 18.9 Å². The Hall–Kier alpha value is -2.99. The second-order valence-corrected chi connectivity index (χ2v) is 7.93. The highest BCUT2D eigenvalue weighted by molar-refractivity contribution is 9.10. The molecule has 2 aromatic carbocycles. The molecule has 184 valence electrons. The Morgan fingerprint density at radius 2 is 1.65 bits per heavy atom. The van der Waals surface area contributed by atoms with Crippen molar-refractivity contribution in [2.45, 2.75) is 41.2 Å². The summed E-state index contributed by atoms with van der Waals surface area (Å²) >= 11 is 3.60. The summed E-state index contributed by atoms with van der Waals surface area (Å²) < 4.78 is 22.4. The molecule has 0 bridgehead atoms. The summed E-state index contributed by atoms with van der Waals surface area (Å²) in [6.45, 7) is 9.91. The van der Waals surface area contributed by atoms with E-state index >= 15 is 0 Å². The molecular weight excluding hydrogens is 496 g/mol. The highest BCUT2D eigenvalue weighted by atomic mass is 79.9. The Morgan fingerprint density at radius 3 is 2.24 bits per heavy atom. The first kappa shape index (κ1) is 29.0. The molecule has 0 saturated heterocycles. The van der Waals surface area contributed by atoms with E-state index in [2.05, 4.69) is 32.8 Å². The van der Waals surface area contributed by atoms with Crippen LogP contribution in [0.15, 0.2) is 82.3 Å². The Labute approximate surface area is 212 Å². The third kappa shape index (κ3) is 9.87. The van der Waals surface area contributed by atoms with Gasteiger partial charge in [0.15, 0.2) is 6.61 Å². The highest BCUT2D eigenvalue weighted by Crippen LogP contribution is 2.27. The molecule has 34 heavy (non-hydrogen) atoms. The summed E-state index contributed by atoms with van der Waals surface area (Å²) in [7, 11) is 2.99. The average molecular weight is 531 g/mol. The number of hydrogen-bond donors (Lipinski definition) is 0. The van der Waals surface area contributed by atoms with Crippen molar-refractivity contribution in [3.63, 3.8) is 0 Å². The zero-order valence-corrected chi connectivity index (χ0v) is 22.7. The summed E-state index contributed by atoms with van der Waals surface area (Å²) in [5.41, 5.74) is 4.06. The molecule has 0 radical (unpaired) electrons. The predicted octanol–water partition coefficient (Wildman–Crippen LogP) is 7.61. The van der Waals surface area contributed by atoms with Crippen LogP contribution in [0.2, 0.25) is 0 Å². The van der Waals surface area contributed by atoms with E-state index in [0.29, 0.717) is 18.1 Å². The lowest BCUT2D eigenvalue weighted by Crippen LogP contribution is -2.09. The van der Waals surface area contributed by atoms with Gasteiger partial charge in [-0.15, -0.1) is 0 Å². The van der Waals surface area contributed by atoms with E-state index < -0.39 is 5.97 Å². The van der Waals surface area contributed by atoms with Gasteiger partial charge >= 0.3 is 5.97 Å². The number of allylic oxidation sites excluding steroid dienone is 5. The fraction of sp³-hybridized carbons (Fsp3) is 0.321. The van der Waals surface area contributed by atoms with Gasteiger partial charge in [0.05, 0.1) is 20.0 Å². The van der Waals surface area contributed by atoms with Crippen molar-refractivity contribution >= 4 is 21.9 Å². The highest BCUT2D eigenvalue weighted by Gasteiger charge is 2.06. The quantitative estimate of drug-likeness (QED) is 0.179. The molecule has 5 nitrogen and oxygen atoms in total. The summed E-state index contributed by atoms with van der Waals surface area (Å²) in [6.07, 6.45) is 5.68. The van der Waals surface area contributed by atoms with E-state index in [1.807, 2.05) is 76.3 Å². The second-order valence-electron chi connectivity index (χ2n) is 7.02. The van der Waals surface area contributed by atoms with Crippen molar-refractivity contribution in [3.05, 3.63) is 87.8 Å². The van der Waals surface area contributed by atoms with Crippen molar-refractivity contribution in [3.8, 4) is 16.9 Å². The number of rotatable bonds is 10. The standard InChI is InChI=1S/C26H29BrO5.C2H6/c1-6-7-25(12-18(2)19(3)31-17-26(28)30-5)32-16-20-13-22(15-23(27)14-20)21-8-10-24(29-4)11-9-21;1-2/h6-15H,16-17H2,1-5H3;1-2H3/b7-6-,19-18+,25-12+;. The number of ether oxygens (including phenoxy) is 4. The minimum atomic E-state index is -0.423. The molecule has 0 amide bonds. The van der Waals surface area contributed by atoms with Crippen LogP contribution in [0.3, 0.4) is 0 Å². The maximum Gasteiger partial charge on any atom is 0.343 e. The molecule has 0 aliphatic rings. The Kier molecular flexibility index (Phi) is 13.5. The van der Waals surface area contributed by atoms with Gasteiger partial charge in [0, 0.05) is 4.47 Å². The Bertz CT molecular complexity index is 1000. The van der Waals surface area contributed by atoms with Crippen LogP contribution in [-0.2, 0) is 25.6 Å². The number of methoxy groups -OCH3 is 2. The van der Waals surface area contributed by atoms with Crippen LogP contribution < -0.4 is 4.74 Å². The van der Waals surface area contributed by atoms with E-state index in [4.69, 9.17) is 14.2 Å². The molecule has 2 aromatic rings. The zero-order chi connectivity index (χ0) is 25.5. The van der Waals surface area contributed by atoms with E-state index in [1.54, 1.807) is 14.0 Å². The maximum atomic E-state index is 11.3. The van der Waals surface area contributed by atoms with Gasteiger partial charge in [0.2, 0.25) is 0 Å². The second kappa shape index (κ2) is 15.8. The number of benzene rings is 2. The Morgan fingerprint density at radius 1 is 0.971 bits per heavy atom. The number of hydrogen-bond acceptors (Lipinski definition) is 5. The molecule has 0 saturated carbocycles. The molecule has 6 heteroatoms. The van der Waals surface area contributed by atoms with Crippen molar-refractivity contribution in [2.75, 3.05) is 20.8 Å². The summed E-state index contributed by atoms with van der Waals surface area (Å²) in [4.78, 5) is 11.3. The van der Waals surface area contributed by atoms with Gasteiger partial charge in [-0.3, -0.25) is 0 Å². The van der Waals surface area contributed by atoms with Crippen LogP contribution >= 0.6 is 15.9 Å². The number of esters is 1. The SMILES string of the molecule is CC.C\C=C/C(=C\C(C)=C(/C)OCC(=O)OC)OCc1cc(Br)cc(-c2ccc(OC)cc2)c1. The summed E-state index contributed by atoms with van der Waals surface area (Å²) in [5.74, 6) is 1.72. The number of halogens is 1. The van der Waals surface area contributed by atoms with Crippen LogP contribution in [0.4, 0.5) is 0 Å². The fourth-order valence-corrected chi connectivity index (χ4v) is 3.35. The number of carbonyl (C=O) groups is 1. The normalized spacial score (nSPS) is 11.8. The zero-order valence-electron chi connectivity index (χ0n) is 21.1. The molecule has 0 atom stereocenters. The molecule has 0 aliphatic carbocycles. The molecule has 0 heterocycles. The van der Waals surface area contributed by atoms with Crippen molar-refractivity contribution in [1.82, 2.24) is 0 Å². The van der Waals surface area contributed by atoms with Crippen molar-refractivity contribution < 1.29 is 23.7 Å². The van der Waals surface area contributed by atoms with Gasteiger partial charge in [-0.1, -0.05) is 48.0 Å². The van der Waals surface area contributed by atoms with E-state index in [0.717, 1.165) is 32.5 Å². The monoisotopic (exact) mass is 530 g/mol. The molecule has 0 aliphatic heterocycles. The van der Waals surface area contributed by atoms with Crippen LogP contribution in [-0.4, -0.2) is 26.8 Å². The van der Waals surface area contributed by atoms with Gasteiger partial charge in [-0.05, 0) is 85.5 Å². The third-order valence-corrected chi connectivity index (χ3v) is 5.12. The lowest BCUT2D eigenvalue weighted by Gasteiger charge is -2.12. The van der Waals surface area contributed by atoms with Gasteiger partial charge in [-0.2, -0.15) is 0 Å². The topological polar surface area (TPSA) is 54.0 Å². The summed E-state index contributed by atoms with van der Waals surface area (Å²) in [5, 5.41) is 0. The first-order chi connectivity index (χ1) is 16.4. The molecule has 0 fully saturated rings. The predicted molar refractivity (Wildman–Crippen MR) is 142 cm³/mol. The molecule has 0 spiro atoms. The largest absolute Gasteiger partial charge is 0.497 e. The minimum Gasteiger partial charge on any atom is -0.497 e. The lowest BCUT2D eigenvalue weighted by molar-refractivity contribution is -0.144.